The van der Waals surface area contributed by atoms with Gasteiger partial charge in [0, 0.05) is 9.61 Å². The molecule has 106 valence electrons. The van der Waals surface area contributed by atoms with Gasteiger partial charge in [0.05, 0.1) is 10.0 Å². The molecule has 2 aromatic rings. The van der Waals surface area contributed by atoms with E-state index in [2.05, 4.69) is 27.9 Å². The third-order valence-corrected chi connectivity index (χ3v) is 5.01. The number of hydrogen-bond acceptors (Lipinski definition) is 1. The second-order valence-corrected chi connectivity index (χ2v) is 6.41. The lowest BCUT2D eigenvalue weighted by molar-refractivity contribution is 0.554. The van der Waals surface area contributed by atoms with Crippen LogP contribution in [0.1, 0.15) is 17.2 Å². The monoisotopic (exact) mass is 423 g/mol. The summed E-state index contributed by atoms with van der Waals surface area (Å²) in [6.45, 7) is 0. The number of likely N-dealkylation sites (N-methyl/N-ethyl adjacent to an activating group) is 1. The van der Waals surface area contributed by atoms with E-state index in [1.807, 2.05) is 25.2 Å². The van der Waals surface area contributed by atoms with Gasteiger partial charge in [0.2, 0.25) is 0 Å². The van der Waals surface area contributed by atoms with Crippen molar-refractivity contribution in [1.82, 2.24) is 5.32 Å². The molecular formula is C15H13Cl2FIN. The van der Waals surface area contributed by atoms with Crippen molar-refractivity contribution in [3.63, 3.8) is 0 Å². The summed E-state index contributed by atoms with van der Waals surface area (Å²) < 4.78 is 15.0. The summed E-state index contributed by atoms with van der Waals surface area (Å²) in [6.07, 6.45) is 0.514. The lowest BCUT2D eigenvalue weighted by Gasteiger charge is -2.18. The zero-order valence-corrected chi connectivity index (χ0v) is 14.4. The fourth-order valence-corrected chi connectivity index (χ4v) is 2.76. The van der Waals surface area contributed by atoms with Crippen LogP contribution < -0.4 is 5.32 Å². The topological polar surface area (TPSA) is 12.0 Å². The minimum Gasteiger partial charge on any atom is -0.313 e. The SMILES string of the molecule is CNC(Cc1cccc(Cl)c1F)c1ccc(I)c(Cl)c1. The van der Waals surface area contributed by atoms with Gasteiger partial charge in [-0.1, -0.05) is 41.4 Å². The van der Waals surface area contributed by atoms with Crippen molar-refractivity contribution in [2.24, 2.45) is 0 Å². The summed E-state index contributed by atoms with van der Waals surface area (Å²) >= 11 is 14.1. The Morgan fingerprint density at radius 2 is 1.95 bits per heavy atom. The van der Waals surface area contributed by atoms with Crippen LogP contribution in [-0.4, -0.2) is 7.05 Å². The van der Waals surface area contributed by atoms with E-state index in [0.717, 1.165) is 9.13 Å². The third kappa shape index (κ3) is 3.64. The minimum absolute atomic E-state index is 0.0162. The summed E-state index contributed by atoms with van der Waals surface area (Å²) in [5.41, 5.74) is 1.61. The van der Waals surface area contributed by atoms with Crippen molar-refractivity contribution in [1.29, 1.82) is 0 Å². The van der Waals surface area contributed by atoms with E-state index in [1.54, 1.807) is 18.2 Å². The molecule has 1 atom stereocenters. The van der Waals surface area contributed by atoms with Crippen molar-refractivity contribution in [3.05, 3.63) is 67.0 Å². The first-order chi connectivity index (χ1) is 9.52. The van der Waals surface area contributed by atoms with Crippen LogP contribution in [0.25, 0.3) is 0 Å². The molecule has 0 amide bonds. The summed E-state index contributed by atoms with van der Waals surface area (Å²) in [5.74, 6) is -0.356. The summed E-state index contributed by atoms with van der Waals surface area (Å²) in [7, 11) is 1.85. The molecule has 5 heteroatoms. The molecule has 0 aliphatic rings. The maximum Gasteiger partial charge on any atom is 0.145 e. The van der Waals surface area contributed by atoms with Crippen LogP contribution in [0.15, 0.2) is 36.4 Å². The molecular weight excluding hydrogens is 411 g/mol. The predicted molar refractivity (Wildman–Crippen MR) is 91.1 cm³/mol. The lowest BCUT2D eigenvalue weighted by atomic mass is 9.99. The number of rotatable bonds is 4. The van der Waals surface area contributed by atoms with Gasteiger partial charge in [-0.3, -0.25) is 0 Å². The molecule has 0 aromatic heterocycles. The highest BCUT2D eigenvalue weighted by Gasteiger charge is 2.15. The van der Waals surface area contributed by atoms with Crippen LogP contribution in [-0.2, 0) is 6.42 Å². The van der Waals surface area contributed by atoms with Crippen LogP contribution in [0, 0.1) is 9.39 Å². The normalized spacial score (nSPS) is 12.4. The lowest BCUT2D eigenvalue weighted by Crippen LogP contribution is -2.19. The molecule has 1 nitrogen and oxygen atoms in total. The molecule has 0 radical (unpaired) electrons. The molecule has 20 heavy (non-hydrogen) atoms. The van der Waals surface area contributed by atoms with Crippen molar-refractivity contribution in [2.75, 3.05) is 7.05 Å². The van der Waals surface area contributed by atoms with Crippen LogP contribution in [0.2, 0.25) is 10.0 Å². The van der Waals surface area contributed by atoms with Gasteiger partial charge in [-0.25, -0.2) is 4.39 Å². The maximum absolute atomic E-state index is 14.0. The van der Waals surface area contributed by atoms with E-state index >= 15 is 0 Å². The zero-order valence-electron chi connectivity index (χ0n) is 10.8. The Bertz CT molecular complexity index is 619. The summed E-state index contributed by atoms with van der Waals surface area (Å²) in [5, 5.41) is 4.04. The molecule has 0 bridgehead atoms. The summed E-state index contributed by atoms with van der Waals surface area (Å²) in [6, 6.07) is 10.9. The zero-order chi connectivity index (χ0) is 14.7. The van der Waals surface area contributed by atoms with Crippen molar-refractivity contribution < 1.29 is 4.39 Å². The van der Waals surface area contributed by atoms with Crippen LogP contribution >= 0.6 is 45.8 Å². The first-order valence-electron chi connectivity index (χ1n) is 6.08. The Hall–Kier alpha value is -0.360. The molecule has 0 spiro atoms. The van der Waals surface area contributed by atoms with E-state index in [0.29, 0.717) is 17.0 Å². The first kappa shape index (κ1) is 16.0. The second-order valence-electron chi connectivity index (χ2n) is 4.43. The Labute approximate surface area is 141 Å². The van der Waals surface area contributed by atoms with Gasteiger partial charge in [-0.2, -0.15) is 0 Å². The quantitative estimate of drug-likeness (QED) is 0.663. The Morgan fingerprint density at radius 3 is 2.60 bits per heavy atom. The van der Waals surface area contributed by atoms with Gasteiger partial charge in [0.25, 0.3) is 0 Å². The van der Waals surface area contributed by atoms with Crippen molar-refractivity contribution in [3.8, 4) is 0 Å². The van der Waals surface area contributed by atoms with Gasteiger partial charge < -0.3 is 5.32 Å². The molecule has 0 saturated heterocycles. The molecule has 0 saturated carbocycles. The number of hydrogen-bond donors (Lipinski definition) is 1. The smallest absolute Gasteiger partial charge is 0.145 e. The third-order valence-electron chi connectivity index (χ3n) is 3.15. The fourth-order valence-electron chi connectivity index (χ4n) is 2.04. The van der Waals surface area contributed by atoms with Gasteiger partial charge in [-0.15, -0.1) is 0 Å². The molecule has 0 aliphatic carbocycles. The molecule has 2 aromatic carbocycles. The van der Waals surface area contributed by atoms with E-state index in [-0.39, 0.29) is 16.9 Å². The van der Waals surface area contributed by atoms with Crippen LogP contribution in [0.5, 0.6) is 0 Å². The van der Waals surface area contributed by atoms with Gasteiger partial charge >= 0.3 is 0 Å². The highest BCUT2D eigenvalue weighted by Crippen LogP contribution is 2.27. The number of nitrogens with one attached hydrogen (secondary N) is 1. The van der Waals surface area contributed by atoms with Crippen LogP contribution in [0.4, 0.5) is 4.39 Å². The Morgan fingerprint density at radius 1 is 1.20 bits per heavy atom. The highest BCUT2D eigenvalue weighted by atomic mass is 127. The second kappa shape index (κ2) is 7.07. The average molecular weight is 424 g/mol. The minimum atomic E-state index is -0.356. The molecule has 1 N–H and O–H groups in total. The van der Waals surface area contributed by atoms with Crippen molar-refractivity contribution >= 4 is 45.8 Å². The van der Waals surface area contributed by atoms with Gasteiger partial charge in [0.1, 0.15) is 5.82 Å². The highest BCUT2D eigenvalue weighted by molar-refractivity contribution is 14.1. The average Bonchev–Trinajstić information content (AvgIpc) is 2.44. The van der Waals surface area contributed by atoms with E-state index in [1.165, 1.54) is 0 Å². The first-order valence-corrected chi connectivity index (χ1v) is 7.91. The van der Waals surface area contributed by atoms with Crippen molar-refractivity contribution in [2.45, 2.75) is 12.5 Å². The Balaban J connectivity index is 2.28. The van der Waals surface area contributed by atoms with E-state index in [4.69, 9.17) is 23.2 Å². The molecule has 0 aliphatic heterocycles. The maximum atomic E-state index is 14.0. The van der Waals surface area contributed by atoms with E-state index in [9.17, 15) is 4.39 Å². The Kier molecular flexibility index (Phi) is 5.66. The standard InChI is InChI=1S/C15H13Cl2FIN/c1-20-14(9-5-6-13(19)12(17)7-9)8-10-3-2-4-11(16)15(10)18/h2-7,14,20H,8H2,1H3. The van der Waals surface area contributed by atoms with Gasteiger partial charge in [-0.05, 0) is 65.4 Å². The number of benzene rings is 2. The molecule has 0 fully saturated rings. The predicted octanol–water partition coefficient (Wildman–Crippen LogP) is 5.24. The molecule has 0 heterocycles. The molecule has 2 rings (SSSR count). The largest absolute Gasteiger partial charge is 0.313 e. The molecule has 1 unspecified atom stereocenters. The fraction of sp³-hybridized carbons (Fsp3) is 0.200. The van der Waals surface area contributed by atoms with E-state index < -0.39 is 0 Å². The summed E-state index contributed by atoms with van der Waals surface area (Å²) in [4.78, 5) is 0. The van der Waals surface area contributed by atoms with Gasteiger partial charge in [0.15, 0.2) is 0 Å². The number of halogens is 4. The van der Waals surface area contributed by atoms with Crippen LogP contribution in [0.3, 0.4) is 0 Å².